The third kappa shape index (κ3) is 3.72. The number of ketones is 1. The molecule has 5 heteroatoms. The topological polar surface area (TPSA) is 58.6 Å². The van der Waals surface area contributed by atoms with Gasteiger partial charge in [0.05, 0.1) is 7.11 Å². The summed E-state index contributed by atoms with van der Waals surface area (Å²) in [6.45, 7) is 3.82. The molecule has 2 aliphatic heterocycles. The molecule has 2 heterocycles. The van der Waals surface area contributed by atoms with Gasteiger partial charge in [-0.1, -0.05) is 0 Å². The summed E-state index contributed by atoms with van der Waals surface area (Å²) in [6, 6.07) is 7.13. The Bertz CT molecular complexity index is 558. The number of benzene rings is 1. The number of amides is 1. The second-order valence-corrected chi connectivity index (χ2v) is 6.48. The van der Waals surface area contributed by atoms with Crippen LogP contribution in [0.4, 0.5) is 0 Å². The Morgan fingerprint density at radius 3 is 2.39 bits per heavy atom. The number of carbonyl (C=O) groups is 2. The van der Waals surface area contributed by atoms with E-state index in [2.05, 4.69) is 5.32 Å². The van der Waals surface area contributed by atoms with Crippen LogP contribution in [0, 0.1) is 11.8 Å². The van der Waals surface area contributed by atoms with Crippen LogP contribution in [0.5, 0.6) is 5.75 Å². The number of methoxy groups -OCH3 is 1. The zero-order valence-corrected chi connectivity index (χ0v) is 13.6. The summed E-state index contributed by atoms with van der Waals surface area (Å²) in [5, 5.41) is 3.38. The number of Topliss-reactive ketones (excluding diaryl/α,β-unsaturated/α-hetero) is 1. The van der Waals surface area contributed by atoms with Crippen molar-refractivity contribution in [1.82, 2.24) is 10.2 Å². The van der Waals surface area contributed by atoms with Crippen LogP contribution in [-0.4, -0.2) is 49.9 Å². The molecule has 1 aromatic rings. The normalized spacial score (nSPS) is 22.9. The third-order valence-corrected chi connectivity index (χ3v) is 4.95. The summed E-state index contributed by atoms with van der Waals surface area (Å²) >= 11 is 0. The molecule has 2 atom stereocenters. The van der Waals surface area contributed by atoms with Gasteiger partial charge in [-0.3, -0.25) is 9.59 Å². The quantitative estimate of drug-likeness (QED) is 0.812. The molecule has 3 rings (SSSR count). The number of rotatable bonds is 6. The monoisotopic (exact) mass is 316 g/mol. The maximum absolute atomic E-state index is 12.3. The van der Waals surface area contributed by atoms with E-state index in [0.29, 0.717) is 36.7 Å². The van der Waals surface area contributed by atoms with Gasteiger partial charge in [-0.05, 0) is 42.5 Å². The third-order valence-electron chi connectivity index (χ3n) is 4.95. The minimum Gasteiger partial charge on any atom is -0.497 e. The van der Waals surface area contributed by atoms with Gasteiger partial charge in [0.15, 0.2) is 5.78 Å². The molecule has 0 bridgehead atoms. The van der Waals surface area contributed by atoms with E-state index in [1.165, 1.54) is 0 Å². The molecule has 0 radical (unpaired) electrons. The van der Waals surface area contributed by atoms with Gasteiger partial charge in [0, 0.05) is 44.6 Å². The first-order valence-electron chi connectivity index (χ1n) is 8.33. The molecule has 1 amide bonds. The molecule has 1 aromatic carbocycles. The molecule has 0 aliphatic carbocycles. The number of nitrogens with one attached hydrogen (secondary N) is 1. The van der Waals surface area contributed by atoms with Gasteiger partial charge in [-0.15, -0.1) is 0 Å². The average molecular weight is 316 g/mol. The van der Waals surface area contributed by atoms with Crippen molar-refractivity contribution in [3.63, 3.8) is 0 Å². The van der Waals surface area contributed by atoms with Crippen molar-refractivity contribution in [1.29, 1.82) is 0 Å². The lowest BCUT2D eigenvalue weighted by Gasteiger charge is -2.17. The summed E-state index contributed by atoms with van der Waals surface area (Å²) < 4.78 is 5.08. The van der Waals surface area contributed by atoms with E-state index < -0.39 is 0 Å². The van der Waals surface area contributed by atoms with Crippen molar-refractivity contribution in [3.05, 3.63) is 29.8 Å². The Balaban J connectivity index is 1.42. The maximum Gasteiger partial charge on any atom is 0.222 e. The van der Waals surface area contributed by atoms with Crippen LogP contribution in [0.1, 0.15) is 29.6 Å². The first-order valence-corrected chi connectivity index (χ1v) is 8.33. The minimum absolute atomic E-state index is 0.0861. The van der Waals surface area contributed by atoms with Crippen LogP contribution in [0.25, 0.3) is 0 Å². The van der Waals surface area contributed by atoms with Gasteiger partial charge >= 0.3 is 0 Å². The van der Waals surface area contributed by atoms with Gasteiger partial charge in [-0.2, -0.15) is 0 Å². The highest BCUT2D eigenvalue weighted by molar-refractivity contribution is 5.96. The van der Waals surface area contributed by atoms with Crippen molar-refractivity contribution in [2.45, 2.75) is 19.3 Å². The number of carbonyl (C=O) groups excluding carboxylic acids is 2. The molecular weight excluding hydrogens is 292 g/mol. The molecule has 0 unspecified atom stereocenters. The number of likely N-dealkylation sites (tertiary alicyclic amines) is 1. The lowest BCUT2D eigenvalue weighted by molar-refractivity contribution is -0.130. The Kier molecular flexibility index (Phi) is 4.96. The molecular formula is C18H24N2O3. The lowest BCUT2D eigenvalue weighted by atomic mass is 10.0. The average Bonchev–Trinajstić information content (AvgIpc) is 3.16. The summed E-state index contributed by atoms with van der Waals surface area (Å²) in [4.78, 5) is 26.4. The largest absolute Gasteiger partial charge is 0.497 e. The number of fused-ring (bicyclic) bond motifs is 1. The summed E-state index contributed by atoms with van der Waals surface area (Å²) in [5.41, 5.74) is 0.681. The van der Waals surface area contributed by atoms with Crippen LogP contribution in [0.15, 0.2) is 24.3 Å². The Morgan fingerprint density at radius 1 is 1.13 bits per heavy atom. The number of hydrogen-bond donors (Lipinski definition) is 1. The second-order valence-electron chi connectivity index (χ2n) is 6.48. The van der Waals surface area contributed by atoms with Crippen LogP contribution in [0.2, 0.25) is 0 Å². The van der Waals surface area contributed by atoms with Crippen molar-refractivity contribution in [2.24, 2.45) is 11.8 Å². The van der Waals surface area contributed by atoms with Gasteiger partial charge in [0.2, 0.25) is 5.91 Å². The lowest BCUT2D eigenvalue weighted by Crippen LogP contribution is -2.31. The molecule has 124 valence electrons. The van der Waals surface area contributed by atoms with Gasteiger partial charge in [0.25, 0.3) is 0 Å². The number of ether oxygens (including phenoxy) is 1. The Labute approximate surface area is 137 Å². The fourth-order valence-corrected chi connectivity index (χ4v) is 3.54. The molecule has 23 heavy (non-hydrogen) atoms. The molecule has 2 aliphatic rings. The summed E-state index contributed by atoms with van der Waals surface area (Å²) in [6.07, 6.45) is 1.50. The first kappa shape index (κ1) is 16.0. The number of nitrogens with zero attached hydrogens (tertiary/aromatic N) is 1. The zero-order valence-electron chi connectivity index (χ0n) is 13.6. The second kappa shape index (κ2) is 7.13. The van der Waals surface area contributed by atoms with Gasteiger partial charge < -0.3 is 15.0 Å². The molecule has 0 saturated carbocycles. The first-order chi connectivity index (χ1) is 11.2. The summed E-state index contributed by atoms with van der Waals surface area (Å²) in [5.74, 6) is 2.27. The Hall–Kier alpha value is -1.88. The van der Waals surface area contributed by atoms with Crippen LogP contribution < -0.4 is 10.1 Å². The fraction of sp³-hybridized carbons (Fsp3) is 0.556. The van der Waals surface area contributed by atoms with Crippen LogP contribution in [0.3, 0.4) is 0 Å². The smallest absolute Gasteiger partial charge is 0.222 e. The zero-order chi connectivity index (χ0) is 16.2. The van der Waals surface area contributed by atoms with Crippen LogP contribution >= 0.6 is 0 Å². The maximum atomic E-state index is 12.3. The van der Waals surface area contributed by atoms with E-state index in [4.69, 9.17) is 4.74 Å². The van der Waals surface area contributed by atoms with E-state index in [1.54, 1.807) is 31.4 Å². The van der Waals surface area contributed by atoms with E-state index >= 15 is 0 Å². The molecule has 0 aromatic heterocycles. The van der Waals surface area contributed by atoms with Gasteiger partial charge in [0.1, 0.15) is 5.75 Å². The molecule has 0 spiro atoms. The predicted octanol–water partition coefficient (Wildman–Crippen LogP) is 1.73. The van der Waals surface area contributed by atoms with E-state index in [1.807, 2.05) is 4.90 Å². The van der Waals surface area contributed by atoms with E-state index in [-0.39, 0.29) is 11.7 Å². The number of hydrogen-bond acceptors (Lipinski definition) is 4. The molecule has 2 fully saturated rings. The van der Waals surface area contributed by atoms with Gasteiger partial charge in [-0.25, -0.2) is 0 Å². The Morgan fingerprint density at radius 2 is 1.78 bits per heavy atom. The van der Waals surface area contributed by atoms with Crippen molar-refractivity contribution < 1.29 is 14.3 Å². The minimum atomic E-state index is 0.0861. The van der Waals surface area contributed by atoms with E-state index in [0.717, 1.165) is 31.9 Å². The fourth-order valence-electron chi connectivity index (χ4n) is 3.54. The molecule has 5 nitrogen and oxygen atoms in total. The molecule has 1 N–H and O–H groups in total. The highest BCUT2D eigenvalue weighted by atomic mass is 16.5. The standard InChI is InChI=1S/C18H24N2O3/c1-23-16-7-5-13(6-8-16)17(21)3-2-4-18(22)20-11-14-9-19-10-15(14)12-20/h5-8,14-15,19H,2-4,9-12H2,1H3/t14-,15+. The van der Waals surface area contributed by atoms with E-state index in [9.17, 15) is 9.59 Å². The van der Waals surface area contributed by atoms with Crippen molar-refractivity contribution in [2.75, 3.05) is 33.3 Å². The highest BCUT2D eigenvalue weighted by Gasteiger charge is 2.37. The summed E-state index contributed by atoms with van der Waals surface area (Å²) in [7, 11) is 1.60. The molecule has 2 saturated heterocycles. The van der Waals surface area contributed by atoms with Crippen molar-refractivity contribution >= 4 is 11.7 Å². The highest BCUT2D eigenvalue weighted by Crippen LogP contribution is 2.27. The van der Waals surface area contributed by atoms with Crippen molar-refractivity contribution in [3.8, 4) is 5.75 Å². The predicted molar refractivity (Wildman–Crippen MR) is 87.6 cm³/mol. The van der Waals surface area contributed by atoms with Crippen LogP contribution in [-0.2, 0) is 4.79 Å². The SMILES string of the molecule is COc1ccc(C(=O)CCCC(=O)N2C[C@H]3CNC[C@H]3C2)cc1.